The summed E-state index contributed by atoms with van der Waals surface area (Å²) < 4.78 is 10.4. The van der Waals surface area contributed by atoms with Gasteiger partial charge in [-0.15, -0.1) is 0 Å². The fourth-order valence-electron chi connectivity index (χ4n) is 2.12. The van der Waals surface area contributed by atoms with Crippen molar-refractivity contribution in [3.63, 3.8) is 0 Å². The number of rotatable bonds is 8. The Morgan fingerprint density at radius 3 is 2.48 bits per heavy atom. The van der Waals surface area contributed by atoms with Crippen LogP contribution in [0.3, 0.4) is 0 Å². The molecule has 2 aromatic rings. The largest absolute Gasteiger partial charge is 0.481 e. The summed E-state index contributed by atoms with van der Waals surface area (Å²) in [6.45, 7) is 1.87. The third-order valence-corrected chi connectivity index (χ3v) is 3.89. The number of hydrogen-bond donors (Lipinski definition) is 1. The summed E-state index contributed by atoms with van der Waals surface area (Å²) in [5.41, 5.74) is 1.05. The van der Waals surface area contributed by atoms with Gasteiger partial charge in [0.15, 0.2) is 12.4 Å². The molecular weight excluding hydrogens is 393 g/mol. The molecule has 0 saturated carbocycles. The van der Waals surface area contributed by atoms with Crippen molar-refractivity contribution in [2.75, 3.05) is 18.5 Å². The molecule has 0 aliphatic carbocycles. The molecule has 2 aromatic carbocycles. The minimum absolute atomic E-state index is 0.107. The highest BCUT2D eigenvalue weighted by Gasteiger charge is 2.13. The predicted octanol–water partition coefficient (Wildman–Crippen LogP) is 4.39. The van der Waals surface area contributed by atoms with E-state index in [1.165, 1.54) is 18.2 Å². The van der Waals surface area contributed by atoms with Crippen molar-refractivity contribution in [3.05, 3.63) is 57.6 Å². The van der Waals surface area contributed by atoms with Gasteiger partial charge in [-0.05, 0) is 36.8 Å². The van der Waals surface area contributed by atoms with Crippen LogP contribution in [0.5, 0.6) is 5.75 Å². The Bertz CT molecular complexity index is 831. The van der Waals surface area contributed by atoms with Crippen LogP contribution in [0.1, 0.15) is 34.1 Å². The number of hydrogen-bond acceptors (Lipinski definition) is 5. The van der Waals surface area contributed by atoms with E-state index in [9.17, 15) is 14.4 Å². The van der Waals surface area contributed by atoms with Gasteiger partial charge in [-0.25, -0.2) is 4.79 Å². The van der Waals surface area contributed by atoms with Crippen molar-refractivity contribution >= 4 is 47.1 Å². The fourth-order valence-corrected chi connectivity index (χ4v) is 2.74. The molecule has 0 saturated heterocycles. The van der Waals surface area contributed by atoms with Crippen LogP contribution >= 0.6 is 23.2 Å². The van der Waals surface area contributed by atoms with Crippen LogP contribution in [-0.4, -0.2) is 31.4 Å². The van der Waals surface area contributed by atoms with Crippen molar-refractivity contribution in [1.29, 1.82) is 0 Å². The predicted molar refractivity (Wildman–Crippen MR) is 103 cm³/mol. The topological polar surface area (TPSA) is 81.7 Å². The Kier molecular flexibility index (Phi) is 7.64. The molecule has 0 aromatic heterocycles. The van der Waals surface area contributed by atoms with E-state index in [0.717, 1.165) is 6.42 Å². The van der Waals surface area contributed by atoms with Crippen LogP contribution in [0.15, 0.2) is 36.4 Å². The SMILES string of the molecule is CCCOC(=O)c1cccc(NC(=O)COc2c(Cl)cc(C=O)cc2Cl)c1. The second-order valence-electron chi connectivity index (χ2n) is 5.49. The molecule has 27 heavy (non-hydrogen) atoms. The summed E-state index contributed by atoms with van der Waals surface area (Å²) in [5, 5.41) is 2.86. The monoisotopic (exact) mass is 409 g/mol. The van der Waals surface area contributed by atoms with Gasteiger partial charge in [-0.1, -0.05) is 36.2 Å². The molecule has 1 N–H and O–H groups in total. The summed E-state index contributed by atoms with van der Waals surface area (Å²) in [7, 11) is 0. The number of carbonyl (C=O) groups excluding carboxylic acids is 3. The van der Waals surface area contributed by atoms with Gasteiger partial charge in [0.1, 0.15) is 6.29 Å². The number of ether oxygens (including phenoxy) is 2. The van der Waals surface area contributed by atoms with Gasteiger partial charge in [0.05, 0.1) is 22.2 Å². The minimum Gasteiger partial charge on any atom is -0.481 e. The van der Waals surface area contributed by atoms with E-state index in [1.807, 2.05) is 6.92 Å². The maximum atomic E-state index is 12.1. The third kappa shape index (κ3) is 5.98. The first-order valence-corrected chi connectivity index (χ1v) is 8.84. The number of carbonyl (C=O) groups is 3. The van der Waals surface area contributed by atoms with Gasteiger partial charge in [-0.2, -0.15) is 0 Å². The molecule has 0 heterocycles. The first-order valence-electron chi connectivity index (χ1n) is 8.08. The fraction of sp³-hybridized carbons (Fsp3) is 0.211. The van der Waals surface area contributed by atoms with E-state index in [4.69, 9.17) is 32.7 Å². The van der Waals surface area contributed by atoms with Crippen molar-refractivity contribution in [2.24, 2.45) is 0 Å². The van der Waals surface area contributed by atoms with E-state index in [-0.39, 0.29) is 22.4 Å². The third-order valence-electron chi connectivity index (χ3n) is 3.32. The van der Waals surface area contributed by atoms with Crippen LogP contribution in [-0.2, 0) is 9.53 Å². The van der Waals surface area contributed by atoms with Crippen molar-refractivity contribution in [1.82, 2.24) is 0 Å². The molecule has 0 fully saturated rings. The van der Waals surface area contributed by atoms with Gasteiger partial charge in [0, 0.05) is 11.3 Å². The van der Waals surface area contributed by atoms with Crippen LogP contribution in [0.2, 0.25) is 10.0 Å². The lowest BCUT2D eigenvalue weighted by Gasteiger charge is -2.11. The number of esters is 1. The van der Waals surface area contributed by atoms with Gasteiger partial charge in [0.25, 0.3) is 5.91 Å². The van der Waals surface area contributed by atoms with Crippen molar-refractivity contribution < 1.29 is 23.9 Å². The number of amides is 1. The molecule has 0 aliphatic heterocycles. The summed E-state index contributed by atoms with van der Waals surface area (Å²) in [6.07, 6.45) is 1.32. The van der Waals surface area contributed by atoms with E-state index in [2.05, 4.69) is 5.32 Å². The van der Waals surface area contributed by atoms with Crippen LogP contribution < -0.4 is 10.1 Å². The molecule has 0 bridgehead atoms. The highest BCUT2D eigenvalue weighted by atomic mass is 35.5. The quantitative estimate of drug-likeness (QED) is 0.516. The lowest BCUT2D eigenvalue weighted by atomic mass is 10.2. The minimum atomic E-state index is -0.472. The van der Waals surface area contributed by atoms with Gasteiger partial charge >= 0.3 is 5.97 Å². The van der Waals surface area contributed by atoms with Gasteiger partial charge < -0.3 is 14.8 Å². The molecule has 0 aliphatic rings. The van der Waals surface area contributed by atoms with Crippen molar-refractivity contribution in [3.8, 4) is 5.75 Å². The normalized spacial score (nSPS) is 10.2. The second kappa shape index (κ2) is 9.94. The van der Waals surface area contributed by atoms with E-state index in [1.54, 1.807) is 18.2 Å². The Balaban J connectivity index is 1.98. The first kappa shape index (κ1) is 20.7. The standard InChI is InChI=1S/C19H17Cl2NO5/c1-2-6-26-19(25)13-4-3-5-14(9-13)22-17(24)11-27-18-15(20)7-12(10-23)8-16(18)21/h3-5,7-10H,2,6,11H2,1H3,(H,22,24). The summed E-state index contributed by atoms with van der Waals surface area (Å²) >= 11 is 12.0. The number of aldehydes is 1. The number of benzene rings is 2. The molecule has 0 atom stereocenters. The Labute approximate surface area is 166 Å². The molecular formula is C19H17Cl2NO5. The Morgan fingerprint density at radius 1 is 1.15 bits per heavy atom. The Hall–Kier alpha value is -2.57. The zero-order valence-corrected chi connectivity index (χ0v) is 16.0. The first-order chi connectivity index (χ1) is 12.9. The van der Waals surface area contributed by atoms with E-state index in [0.29, 0.717) is 29.7 Å². The maximum absolute atomic E-state index is 12.1. The average molecular weight is 410 g/mol. The van der Waals surface area contributed by atoms with Gasteiger partial charge in [0.2, 0.25) is 0 Å². The smallest absolute Gasteiger partial charge is 0.338 e. The summed E-state index contributed by atoms with van der Waals surface area (Å²) in [5.74, 6) is -0.824. The van der Waals surface area contributed by atoms with Crippen molar-refractivity contribution in [2.45, 2.75) is 13.3 Å². The zero-order valence-electron chi connectivity index (χ0n) is 14.5. The molecule has 0 spiro atoms. The molecule has 6 nitrogen and oxygen atoms in total. The maximum Gasteiger partial charge on any atom is 0.338 e. The molecule has 1 amide bonds. The van der Waals surface area contributed by atoms with E-state index < -0.39 is 11.9 Å². The molecule has 8 heteroatoms. The highest BCUT2D eigenvalue weighted by molar-refractivity contribution is 6.37. The lowest BCUT2D eigenvalue weighted by molar-refractivity contribution is -0.118. The van der Waals surface area contributed by atoms with Gasteiger partial charge in [-0.3, -0.25) is 9.59 Å². The Morgan fingerprint density at radius 2 is 1.85 bits per heavy atom. The molecule has 0 unspecified atom stereocenters. The molecule has 0 radical (unpaired) electrons. The molecule has 2 rings (SSSR count). The summed E-state index contributed by atoms with van der Waals surface area (Å²) in [6, 6.07) is 9.14. The second-order valence-corrected chi connectivity index (χ2v) is 6.30. The number of nitrogens with one attached hydrogen (secondary N) is 1. The summed E-state index contributed by atoms with van der Waals surface area (Å²) in [4.78, 5) is 34.7. The average Bonchev–Trinajstić information content (AvgIpc) is 2.65. The van der Waals surface area contributed by atoms with Crippen LogP contribution in [0.4, 0.5) is 5.69 Å². The number of anilines is 1. The lowest BCUT2D eigenvalue weighted by Crippen LogP contribution is -2.20. The number of halogens is 2. The zero-order chi connectivity index (χ0) is 19.8. The highest BCUT2D eigenvalue weighted by Crippen LogP contribution is 2.33. The molecule has 142 valence electrons. The van der Waals surface area contributed by atoms with Crippen LogP contribution in [0, 0.1) is 0 Å². The van der Waals surface area contributed by atoms with E-state index >= 15 is 0 Å². The van der Waals surface area contributed by atoms with Crippen LogP contribution in [0.25, 0.3) is 0 Å².